The Morgan fingerprint density at radius 2 is 2.00 bits per heavy atom. The molecule has 32 heavy (non-hydrogen) atoms. The first-order valence-corrected chi connectivity index (χ1v) is 12.6. The van der Waals surface area contributed by atoms with Gasteiger partial charge in [-0.05, 0) is 35.0 Å². The smallest absolute Gasteiger partial charge is 0.262 e. The molecule has 0 saturated carbocycles. The molecule has 0 fully saturated rings. The molecular formula is C22H19N3O4S3. The van der Waals surface area contributed by atoms with Crippen molar-refractivity contribution in [3.05, 3.63) is 62.4 Å². The second-order valence-electron chi connectivity index (χ2n) is 7.07. The van der Waals surface area contributed by atoms with Crippen LogP contribution in [-0.4, -0.2) is 34.4 Å². The van der Waals surface area contributed by atoms with Crippen LogP contribution in [0.5, 0.6) is 11.5 Å². The van der Waals surface area contributed by atoms with E-state index in [0.717, 1.165) is 10.6 Å². The highest BCUT2D eigenvalue weighted by Crippen LogP contribution is 2.35. The molecule has 1 aliphatic rings. The maximum absolute atomic E-state index is 13.3. The zero-order chi connectivity index (χ0) is 22.1. The molecule has 0 spiro atoms. The lowest BCUT2D eigenvalue weighted by molar-refractivity contribution is -0.116. The Bertz CT molecular complexity index is 1330. The number of anilines is 1. The molecule has 0 radical (unpaired) electrons. The average Bonchev–Trinajstić information content (AvgIpc) is 3.50. The summed E-state index contributed by atoms with van der Waals surface area (Å²) >= 11 is 4.29. The molecule has 0 atom stereocenters. The molecule has 0 unspecified atom stereocenters. The van der Waals surface area contributed by atoms with Crippen molar-refractivity contribution in [3.8, 4) is 11.5 Å². The van der Waals surface area contributed by atoms with E-state index in [1.54, 1.807) is 29.4 Å². The largest absolute Gasteiger partial charge is 0.486 e. The summed E-state index contributed by atoms with van der Waals surface area (Å²) in [6.45, 7) is 1.45. The van der Waals surface area contributed by atoms with Gasteiger partial charge in [0, 0.05) is 23.7 Å². The Hall–Kier alpha value is -2.82. The molecular weight excluding hydrogens is 466 g/mol. The number of thioether (sulfide) groups is 1. The van der Waals surface area contributed by atoms with Crippen LogP contribution in [-0.2, 0) is 18.4 Å². The van der Waals surface area contributed by atoms with Gasteiger partial charge < -0.3 is 14.4 Å². The normalized spacial score (nSPS) is 12.8. The van der Waals surface area contributed by atoms with Crippen LogP contribution >= 0.6 is 34.4 Å². The standard InChI is InChI=1S/C22H19N3O4S3/c1-24-21(27)16-6-10-31-20(16)23-22(24)32-13-19(26)25(12-15-3-2-9-30-15)14-4-5-17-18(11-14)29-8-7-28-17/h2-6,9-11H,7-8,12-13H2,1H3. The Labute approximate surface area is 196 Å². The Balaban J connectivity index is 1.41. The summed E-state index contributed by atoms with van der Waals surface area (Å²) < 4.78 is 12.8. The zero-order valence-corrected chi connectivity index (χ0v) is 19.6. The van der Waals surface area contributed by atoms with Crippen molar-refractivity contribution >= 4 is 56.2 Å². The van der Waals surface area contributed by atoms with Gasteiger partial charge in [-0.2, -0.15) is 0 Å². The van der Waals surface area contributed by atoms with E-state index in [-0.39, 0.29) is 17.2 Å². The van der Waals surface area contributed by atoms with Crippen molar-refractivity contribution in [1.82, 2.24) is 9.55 Å². The third kappa shape index (κ3) is 4.13. The average molecular weight is 486 g/mol. The molecule has 0 bridgehead atoms. The minimum atomic E-state index is -0.103. The van der Waals surface area contributed by atoms with Gasteiger partial charge in [0.25, 0.3) is 5.56 Å². The third-order valence-electron chi connectivity index (χ3n) is 5.02. The second kappa shape index (κ2) is 8.97. The third-order valence-corrected chi connectivity index (χ3v) is 7.70. The van der Waals surface area contributed by atoms with Gasteiger partial charge >= 0.3 is 0 Å². The molecule has 0 saturated heterocycles. The van der Waals surface area contributed by atoms with Gasteiger partial charge in [0.05, 0.1) is 17.7 Å². The van der Waals surface area contributed by atoms with E-state index >= 15 is 0 Å². The summed E-state index contributed by atoms with van der Waals surface area (Å²) in [5.74, 6) is 1.39. The summed E-state index contributed by atoms with van der Waals surface area (Å²) in [6, 6.07) is 11.3. The van der Waals surface area contributed by atoms with Crippen LogP contribution < -0.4 is 19.9 Å². The van der Waals surface area contributed by atoms with Crippen LogP contribution in [0.1, 0.15) is 4.88 Å². The SMILES string of the molecule is Cn1c(SCC(=O)N(Cc2cccs2)c2ccc3c(c2)OCCO3)nc2sccc2c1=O. The number of rotatable bonds is 6. The van der Waals surface area contributed by atoms with E-state index < -0.39 is 0 Å². The first kappa shape index (κ1) is 21.0. The molecule has 1 aromatic carbocycles. The van der Waals surface area contributed by atoms with E-state index in [4.69, 9.17) is 9.47 Å². The van der Waals surface area contributed by atoms with Gasteiger partial charge in [0.15, 0.2) is 16.7 Å². The molecule has 4 aromatic rings. The molecule has 7 nitrogen and oxygen atoms in total. The minimum Gasteiger partial charge on any atom is -0.486 e. The summed E-state index contributed by atoms with van der Waals surface area (Å²) in [4.78, 5) is 34.0. The van der Waals surface area contributed by atoms with E-state index in [9.17, 15) is 9.59 Å². The lowest BCUT2D eigenvalue weighted by Crippen LogP contribution is -2.32. The van der Waals surface area contributed by atoms with Gasteiger partial charge in [-0.3, -0.25) is 14.2 Å². The highest BCUT2D eigenvalue weighted by Gasteiger charge is 2.21. The van der Waals surface area contributed by atoms with Crippen LogP contribution in [0.3, 0.4) is 0 Å². The highest BCUT2D eigenvalue weighted by atomic mass is 32.2. The van der Waals surface area contributed by atoms with Crippen molar-refractivity contribution in [2.24, 2.45) is 7.05 Å². The van der Waals surface area contributed by atoms with Crippen LogP contribution in [0.2, 0.25) is 0 Å². The molecule has 0 N–H and O–H groups in total. The lowest BCUT2D eigenvalue weighted by atomic mass is 10.2. The number of hydrogen-bond donors (Lipinski definition) is 0. The quantitative estimate of drug-likeness (QED) is 0.302. The number of amides is 1. The molecule has 3 aromatic heterocycles. The Morgan fingerprint density at radius 3 is 2.81 bits per heavy atom. The fourth-order valence-corrected chi connectivity index (χ4v) is 5.74. The van der Waals surface area contributed by atoms with Crippen molar-refractivity contribution < 1.29 is 14.3 Å². The highest BCUT2D eigenvalue weighted by molar-refractivity contribution is 7.99. The van der Waals surface area contributed by atoms with E-state index in [0.29, 0.717) is 46.6 Å². The predicted molar refractivity (Wildman–Crippen MR) is 129 cm³/mol. The van der Waals surface area contributed by atoms with E-state index in [1.807, 2.05) is 41.1 Å². The summed E-state index contributed by atoms with van der Waals surface area (Å²) in [5.41, 5.74) is 0.636. The maximum Gasteiger partial charge on any atom is 0.262 e. The topological polar surface area (TPSA) is 73.7 Å². The fourth-order valence-electron chi connectivity index (χ4n) is 3.40. The number of carbonyl (C=O) groups excluding carboxylic acids is 1. The van der Waals surface area contributed by atoms with E-state index in [1.165, 1.54) is 27.7 Å². The molecule has 5 rings (SSSR count). The fraction of sp³-hybridized carbons (Fsp3) is 0.227. The van der Waals surface area contributed by atoms with Crippen LogP contribution in [0.4, 0.5) is 5.69 Å². The lowest BCUT2D eigenvalue weighted by Gasteiger charge is -2.25. The van der Waals surface area contributed by atoms with Crippen LogP contribution in [0.25, 0.3) is 10.2 Å². The number of fused-ring (bicyclic) bond motifs is 2. The molecule has 1 aliphatic heterocycles. The van der Waals surface area contributed by atoms with Crippen molar-refractivity contribution in [3.63, 3.8) is 0 Å². The number of carbonyl (C=O) groups is 1. The molecule has 1 amide bonds. The van der Waals surface area contributed by atoms with Crippen molar-refractivity contribution in [2.75, 3.05) is 23.9 Å². The first-order valence-electron chi connectivity index (χ1n) is 9.89. The Morgan fingerprint density at radius 1 is 1.16 bits per heavy atom. The zero-order valence-electron chi connectivity index (χ0n) is 17.1. The van der Waals surface area contributed by atoms with Crippen LogP contribution in [0, 0.1) is 0 Å². The van der Waals surface area contributed by atoms with Crippen molar-refractivity contribution in [1.29, 1.82) is 0 Å². The summed E-state index contributed by atoms with van der Waals surface area (Å²) in [7, 11) is 1.68. The van der Waals surface area contributed by atoms with Gasteiger partial charge in [0.2, 0.25) is 5.91 Å². The first-order chi connectivity index (χ1) is 15.6. The predicted octanol–water partition coefficient (Wildman–Crippen LogP) is 4.15. The molecule has 0 aliphatic carbocycles. The number of ether oxygens (including phenoxy) is 2. The van der Waals surface area contributed by atoms with Gasteiger partial charge in [-0.1, -0.05) is 17.8 Å². The molecule has 4 heterocycles. The Kier molecular flexibility index (Phi) is 5.90. The number of aromatic nitrogens is 2. The monoisotopic (exact) mass is 485 g/mol. The molecule has 164 valence electrons. The number of benzene rings is 1. The maximum atomic E-state index is 13.3. The van der Waals surface area contributed by atoms with E-state index in [2.05, 4.69) is 4.98 Å². The summed E-state index contributed by atoms with van der Waals surface area (Å²) in [6.07, 6.45) is 0. The van der Waals surface area contributed by atoms with Gasteiger partial charge in [-0.15, -0.1) is 22.7 Å². The molecule has 10 heteroatoms. The van der Waals surface area contributed by atoms with Crippen molar-refractivity contribution in [2.45, 2.75) is 11.7 Å². The van der Waals surface area contributed by atoms with Crippen LogP contribution in [0.15, 0.2) is 57.1 Å². The number of thiophene rings is 2. The number of nitrogens with zero attached hydrogens (tertiary/aromatic N) is 3. The minimum absolute atomic E-state index is 0.0828. The van der Waals surface area contributed by atoms with Gasteiger partial charge in [-0.25, -0.2) is 4.98 Å². The van der Waals surface area contributed by atoms with Gasteiger partial charge in [0.1, 0.15) is 18.0 Å². The number of hydrogen-bond acceptors (Lipinski definition) is 8. The second-order valence-corrected chi connectivity index (χ2v) is 9.94. The summed E-state index contributed by atoms with van der Waals surface area (Å²) in [5, 5.41) is 4.97.